The number of rotatable bonds is 22. The summed E-state index contributed by atoms with van der Waals surface area (Å²) >= 11 is 0. The molecule has 2 unspecified atom stereocenters. The molecular formula is C36H52N2O6S. The van der Waals surface area contributed by atoms with E-state index >= 15 is 0 Å². The zero-order valence-electron chi connectivity index (χ0n) is 26.7. The molecule has 248 valence electrons. The number of aliphatic hydroxyl groups is 3. The van der Waals surface area contributed by atoms with E-state index < -0.39 is 22.2 Å². The van der Waals surface area contributed by atoms with Crippen molar-refractivity contribution in [1.29, 1.82) is 0 Å². The largest absolute Gasteiger partial charge is 0.392 e. The molecule has 0 aromatic heterocycles. The molecule has 0 saturated heterocycles. The number of nitrogens with one attached hydrogen (secondary N) is 2. The molecule has 0 aliphatic carbocycles. The predicted octanol–water partition coefficient (Wildman–Crippen LogP) is 7.07. The van der Waals surface area contributed by atoms with Gasteiger partial charge in [0.05, 0.1) is 29.4 Å². The van der Waals surface area contributed by atoms with Crippen molar-refractivity contribution >= 4 is 32.4 Å². The van der Waals surface area contributed by atoms with Gasteiger partial charge in [-0.05, 0) is 42.8 Å². The zero-order chi connectivity index (χ0) is 32.5. The van der Waals surface area contributed by atoms with E-state index in [2.05, 4.69) is 17.0 Å². The summed E-state index contributed by atoms with van der Waals surface area (Å²) in [6.45, 7) is 2.32. The third-order valence-corrected chi connectivity index (χ3v) is 9.76. The maximum atomic E-state index is 13.3. The molecule has 45 heavy (non-hydrogen) atoms. The molecule has 0 fully saturated rings. The van der Waals surface area contributed by atoms with Gasteiger partial charge in [-0.15, -0.1) is 0 Å². The molecule has 1 amide bonds. The van der Waals surface area contributed by atoms with Crippen LogP contribution >= 0.6 is 0 Å². The van der Waals surface area contributed by atoms with Crippen LogP contribution in [0.25, 0.3) is 10.8 Å². The summed E-state index contributed by atoms with van der Waals surface area (Å²) in [5.74, 6) is -0.307. The Morgan fingerprint density at radius 1 is 0.756 bits per heavy atom. The summed E-state index contributed by atoms with van der Waals surface area (Å²) in [5, 5.41) is 34.5. The highest BCUT2D eigenvalue weighted by atomic mass is 32.2. The van der Waals surface area contributed by atoms with Gasteiger partial charge in [0.25, 0.3) is 15.9 Å². The maximum absolute atomic E-state index is 13.3. The lowest BCUT2D eigenvalue weighted by Gasteiger charge is -2.17. The highest BCUT2D eigenvalue weighted by Crippen LogP contribution is 2.27. The van der Waals surface area contributed by atoms with Crippen LogP contribution in [-0.2, 0) is 16.6 Å². The van der Waals surface area contributed by atoms with Crippen molar-refractivity contribution in [3.05, 3.63) is 71.8 Å². The topological polar surface area (TPSA) is 136 Å². The van der Waals surface area contributed by atoms with E-state index in [4.69, 9.17) is 0 Å². The van der Waals surface area contributed by atoms with E-state index in [0.717, 1.165) is 56.8 Å². The number of aliphatic hydroxyl groups excluding tert-OH is 3. The fourth-order valence-electron chi connectivity index (χ4n) is 5.59. The minimum absolute atomic E-state index is 0.122. The van der Waals surface area contributed by atoms with Crippen LogP contribution in [0.1, 0.15) is 113 Å². The van der Waals surface area contributed by atoms with Crippen LogP contribution in [0.2, 0.25) is 0 Å². The average Bonchev–Trinajstić information content (AvgIpc) is 3.04. The summed E-state index contributed by atoms with van der Waals surface area (Å²) in [6, 6.07) is 16.9. The third kappa shape index (κ3) is 12.0. The molecule has 0 saturated carbocycles. The lowest BCUT2D eigenvalue weighted by molar-refractivity contribution is 0.00712. The number of carbonyl (C=O) groups is 1. The molecule has 0 spiro atoms. The third-order valence-electron chi connectivity index (χ3n) is 8.34. The minimum Gasteiger partial charge on any atom is -0.392 e. The number of fused-ring (bicyclic) bond motifs is 1. The number of sulfonamides is 1. The first kappa shape index (κ1) is 36.5. The second kappa shape index (κ2) is 19.5. The zero-order valence-corrected chi connectivity index (χ0v) is 27.5. The van der Waals surface area contributed by atoms with E-state index in [-0.39, 0.29) is 23.1 Å². The normalized spacial score (nSPS) is 13.1. The van der Waals surface area contributed by atoms with Gasteiger partial charge in [-0.25, -0.2) is 8.42 Å². The molecular weight excluding hydrogens is 588 g/mol. The Kier molecular flexibility index (Phi) is 15.8. The van der Waals surface area contributed by atoms with Gasteiger partial charge in [0.1, 0.15) is 0 Å². The molecule has 0 aliphatic heterocycles. The molecule has 9 heteroatoms. The van der Waals surface area contributed by atoms with E-state index in [1.807, 2.05) is 18.2 Å². The lowest BCUT2D eigenvalue weighted by atomic mass is 9.99. The number of anilines is 1. The minimum atomic E-state index is -3.99. The first-order chi connectivity index (χ1) is 21.8. The highest BCUT2D eigenvalue weighted by molar-refractivity contribution is 7.93. The van der Waals surface area contributed by atoms with E-state index in [1.54, 1.807) is 30.3 Å². The molecule has 2 atom stereocenters. The quantitative estimate of drug-likeness (QED) is 0.0746. The van der Waals surface area contributed by atoms with Crippen LogP contribution in [0.3, 0.4) is 0 Å². The fraction of sp³-hybridized carbons (Fsp3) is 0.528. The standard InChI is InChI=1S/C36H52N2O6S/c1-2-3-4-5-8-11-20-33(40)34(41)21-12-9-6-7-10-15-25-37-36(42)29-23-24-30(27-39)32(26-29)38-45(43,44)35-22-16-18-28-17-13-14-19-31(28)35/h13-14,16-19,22-24,26,33-34,38-41H,2-12,15,20-21,25,27H2,1H3,(H,37,42). The Morgan fingerprint density at radius 2 is 1.36 bits per heavy atom. The SMILES string of the molecule is CCCCCCCCC(O)C(O)CCCCCCCCNC(=O)c1ccc(CO)c(NS(=O)(=O)c2cccc3ccccc23)c1. The summed E-state index contributed by atoms with van der Waals surface area (Å²) in [5.41, 5.74) is 0.841. The van der Waals surface area contributed by atoms with Crippen molar-refractivity contribution in [2.45, 2.75) is 121 Å². The van der Waals surface area contributed by atoms with E-state index in [0.29, 0.717) is 35.9 Å². The molecule has 5 N–H and O–H groups in total. The van der Waals surface area contributed by atoms with Crippen LogP contribution in [0.5, 0.6) is 0 Å². The Hall–Kier alpha value is -2.98. The van der Waals surface area contributed by atoms with Crippen LogP contribution in [0.4, 0.5) is 5.69 Å². The number of hydrogen-bond acceptors (Lipinski definition) is 6. The maximum Gasteiger partial charge on any atom is 0.262 e. The first-order valence-electron chi connectivity index (χ1n) is 16.7. The van der Waals surface area contributed by atoms with Gasteiger partial charge in [-0.1, -0.05) is 120 Å². The van der Waals surface area contributed by atoms with Gasteiger partial charge in [0.2, 0.25) is 0 Å². The van der Waals surface area contributed by atoms with E-state index in [9.17, 15) is 28.5 Å². The molecule has 0 heterocycles. The fourth-order valence-corrected chi connectivity index (χ4v) is 6.91. The van der Waals surface area contributed by atoms with Crippen molar-refractivity contribution in [2.75, 3.05) is 11.3 Å². The smallest absolute Gasteiger partial charge is 0.262 e. The van der Waals surface area contributed by atoms with Crippen LogP contribution < -0.4 is 10.0 Å². The van der Waals surface area contributed by atoms with Crippen molar-refractivity contribution in [3.8, 4) is 0 Å². The molecule has 8 nitrogen and oxygen atoms in total. The highest BCUT2D eigenvalue weighted by Gasteiger charge is 2.20. The Bertz CT molecular complexity index is 1420. The lowest BCUT2D eigenvalue weighted by Crippen LogP contribution is -2.25. The predicted molar refractivity (Wildman–Crippen MR) is 182 cm³/mol. The van der Waals surface area contributed by atoms with Crippen molar-refractivity contribution in [2.24, 2.45) is 0 Å². The van der Waals surface area contributed by atoms with Crippen LogP contribution in [-0.4, -0.2) is 48.4 Å². The molecule has 0 bridgehead atoms. The Balaban J connectivity index is 1.36. The monoisotopic (exact) mass is 640 g/mol. The number of benzene rings is 3. The molecule has 3 aromatic carbocycles. The van der Waals surface area contributed by atoms with E-state index in [1.165, 1.54) is 37.8 Å². The van der Waals surface area contributed by atoms with Crippen LogP contribution in [0, 0.1) is 0 Å². The molecule has 3 aromatic rings. The Labute approximate surface area is 269 Å². The van der Waals surface area contributed by atoms with Gasteiger partial charge in [0.15, 0.2) is 0 Å². The number of hydrogen-bond donors (Lipinski definition) is 5. The Morgan fingerprint density at radius 3 is 2.02 bits per heavy atom. The number of amides is 1. The first-order valence-corrected chi connectivity index (χ1v) is 18.1. The summed E-state index contributed by atoms with van der Waals surface area (Å²) in [7, 11) is -3.99. The average molecular weight is 641 g/mol. The van der Waals surface area contributed by atoms with Gasteiger partial charge in [0, 0.05) is 23.1 Å². The number of unbranched alkanes of at least 4 members (excludes halogenated alkanes) is 10. The number of carbonyl (C=O) groups excluding carboxylic acids is 1. The summed E-state index contributed by atoms with van der Waals surface area (Å²) in [6.07, 6.45) is 12.8. The van der Waals surface area contributed by atoms with Crippen molar-refractivity contribution in [3.63, 3.8) is 0 Å². The molecule has 0 radical (unpaired) electrons. The molecule has 0 aliphatic rings. The van der Waals surface area contributed by atoms with Gasteiger partial charge >= 0.3 is 0 Å². The summed E-state index contributed by atoms with van der Waals surface area (Å²) < 4.78 is 29.2. The second-order valence-electron chi connectivity index (χ2n) is 12.0. The van der Waals surface area contributed by atoms with Crippen molar-refractivity contribution < 1.29 is 28.5 Å². The second-order valence-corrected chi connectivity index (χ2v) is 13.6. The van der Waals surface area contributed by atoms with Crippen LogP contribution in [0.15, 0.2) is 65.6 Å². The van der Waals surface area contributed by atoms with Crippen molar-refractivity contribution in [1.82, 2.24) is 5.32 Å². The summed E-state index contributed by atoms with van der Waals surface area (Å²) in [4.78, 5) is 13.0. The molecule has 3 rings (SSSR count). The van der Waals surface area contributed by atoms with Gasteiger partial charge in [-0.3, -0.25) is 9.52 Å². The van der Waals surface area contributed by atoms with Gasteiger partial charge in [-0.2, -0.15) is 0 Å². The van der Waals surface area contributed by atoms with Gasteiger partial charge < -0.3 is 20.6 Å².